The number of carboxylic acid groups (broad SMARTS) is 1. The monoisotopic (exact) mass is 237 g/mol. The normalized spacial score (nSPS) is 10.6. The molecular formula is C10H11N3O2S. The minimum Gasteiger partial charge on any atom is -0.476 e. The molecule has 0 amide bonds. The molecule has 0 aliphatic rings. The average molecular weight is 237 g/mol. The predicted octanol–water partition coefficient (Wildman–Crippen LogP) is 1.65. The van der Waals surface area contributed by atoms with E-state index >= 15 is 0 Å². The van der Waals surface area contributed by atoms with Gasteiger partial charge in [-0.2, -0.15) is 11.3 Å². The summed E-state index contributed by atoms with van der Waals surface area (Å²) in [6, 6.07) is 1.99. The zero-order chi connectivity index (χ0) is 11.5. The highest BCUT2D eigenvalue weighted by Crippen LogP contribution is 2.12. The zero-order valence-corrected chi connectivity index (χ0v) is 9.57. The Balaban J connectivity index is 2.31. The standard InChI is InChI=1S/C10H11N3O2S/c1-2-8-9(10(14)15)11-12-13(8)5-7-3-4-16-6-7/h3-4,6H,2,5H2,1H3,(H,14,15). The van der Waals surface area contributed by atoms with Crippen LogP contribution in [-0.2, 0) is 13.0 Å². The molecule has 0 aromatic carbocycles. The van der Waals surface area contributed by atoms with Crippen LogP contribution in [0.3, 0.4) is 0 Å². The van der Waals surface area contributed by atoms with E-state index in [1.54, 1.807) is 16.0 Å². The Hall–Kier alpha value is -1.69. The van der Waals surface area contributed by atoms with Crippen LogP contribution >= 0.6 is 11.3 Å². The van der Waals surface area contributed by atoms with Crippen molar-refractivity contribution >= 4 is 17.3 Å². The number of aromatic nitrogens is 3. The molecule has 0 saturated heterocycles. The summed E-state index contributed by atoms with van der Waals surface area (Å²) in [5.74, 6) is -1.02. The van der Waals surface area contributed by atoms with Crippen molar-refractivity contribution in [3.8, 4) is 0 Å². The van der Waals surface area contributed by atoms with Crippen molar-refractivity contribution < 1.29 is 9.90 Å². The molecule has 16 heavy (non-hydrogen) atoms. The van der Waals surface area contributed by atoms with Crippen molar-refractivity contribution in [2.45, 2.75) is 19.9 Å². The lowest BCUT2D eigenvalue weighted by atomic mass is 10.2. The topological polar surface area (TPSA) is 68.0 Å². The van der Waals surface area contributed by atoms with E-state index in [2.05, 4.69) is 10.3 Å². The van der Waals surface area contributed by atoms with Gasteiger partial charge in [0.15, 0.2) is 5.69 Å². The van der Waals surface area contributed by atoms with Crippen LogP contribution < -0.4 is 0 Å². The van der Waals surface area contributed by atoms with E-state index in [1.807, 2.05) is 23.8 Å². The number of aromatic carboxylic acids is 1. The maximum absolute atomic E-state index is 10.9. The highest BCUT2D eigenvalue weighted by molar-refractivity contribution is 7.07. The van der Waals surface area contributed by atoms with E-state index in [0.29, 0.717) is 18.7 Å². The molecule has 2 heterocycles. The fourth-order valence-electron chi connectivity index (χ4n) is 1.53. The van der Waals surface area contributed by atoms with Crippen molar-refractivity contribution in [3.05, 3.63) is 33.8 Å². The molecule has 2 aromatic heterocycles. The van der Waals surface area contributed by atoms with E-state index in [4.69, 9.17) is 5.11 Å². The number of rotatable bonds is 4. The van der Waals surface area contributed by atoms with Crippen molar-refractivity contribution in [1.82, 2.24) is 15.0 Å². The molecule has 1 N–H and O–H groups in total. The highest BCUT2D eigenvalue weighted by Gasteiger charge is 2.17. The Bertz CT molecular complexity index is 490. The second kappa shape index (κ2) is 4.44. The lowest BCUT2D eigenvalue weighted by Crippen LogP contribution is -2.08. The van der Waals surface area contributed by atoms with E-state index in [0.717, 1.165) is 5.56 Å². The molecule has 0 aliphatic heterocycles. The molecule has 2 rings (SSSR count). The van der Waals surface area contributed by atoms with Crippen LogP contribution in [0.25, 0.3) is 0 Å². The number of thiophene rings is 1. The van der Waals surface area contributed by atoms with Gasteiger partial charge in [-0.3, -0.25) is 0 Å². The Morgan fingerprint density at radius 1 is 1.62 bits per heavy atom. The third kappa shape index (κ3) is 1.96. The largest absolute Gasteiger partial charge is 0.476 e. The summed E-state index contributed by atoms with van der Waals surface area (Å²) in [5, 5.41) is 20.5. The molecule has 0 aliphatic carbocycles. The Kier molecular flexibility index (Phi) is 3.00. The summed E-state index contributed by atoms with van der Waals surface area (Å²) in [7, 11) is 0. The van der Waals surface area contributed by atoms with E-state index in [9.17, 15) is 4.79 Å². The number of nitrogens with zero attached hydrogens (tertiary/aromatic N) is 3. The molecule has 0 radical (unpaired) electrons. The Labute approximate surface area is 96.3 Å². The summed E-state index contributed by atoms with van der Waals surface area (Å²) < 4.78 is 1.64. The van der Waals surface area contributed by atoms with Crippen LogP contribution in [0.4, 0.5) is 0 Å². The molecule has 0 atom stereocenters. The second-order valence-electron chi connectivity index (χ2n) is 3.33. The van der Waals surface area contributed by atoms with Crippen molar-refractivity contribution in [2.75, 3.05) is 0 Å². The summed E-state index contributed by atoms with van der Waals surface area (Å²) >= 11 is 1.61. The smallest absolute Gasteiger partial charge is 0.358 e. The second-order valence-corrected chi connectivity index (χ2v) is 4.11. The Morgan fingerprint density at radius 3 is 3.00 bits per heavy atom. The van der Waals surface area contributed by atoms with Crippen molar-refractivity contribution in [1.29, 1.82) is 0 Å². The van der Waals surface area contributed by atoms with E-state index in [1.165, 1.54) is 0 Å². The quantitative estimate of drug-likeness (QED) is 0.877. The molecule has 0 unspecified atom stereocenters. The number of carboxylic acids is 1. The highest BCUT2D eigenvalue weighted by atomic mass is 32.1. The molecule has 0 spiro atoms. The van der Waals surface area contributed by atoms with Gasteiger partial charge in [0, 0.05) is 0 Å². The molecule has 5 nitrogen and oxygen atoms in total. The van der Waals surface area contributed by atoms with Crippen LogP contribution in [-0.4, -0.2) is 26.1 Å². The maximum atomic E-state index is 10.9. The lowest BCUT2D eigenvalue weighted by molar-refractivity contribution is 0.0689. The molecule has 0 fully saturated rings. The lowest BCUT2D eigenvalue weighted by Gasteiger charge is -2.02. The average Bonchev–Trinajstić information content (AvgIpc) is 2.87. The number of hydrogen-bond donors (Lipinski definition) is 1. The van der Waals surface area contributed by atoms with Crippen LogP contribution in [0.5, 0.6) is 0 Å². The summed E-state index contributed by atoms with van der Waals surface area (Å²) in [6.45, 7) is 2.47. The Morgan fingerprint density at radius 2 is 2.44 bits per heavy atom. The van der Waals surface area contributed by atoms with Gasteiger partial charge in [0.2, 0.25) is 0 Å². The summed E-state index contributed by atoms with van der Waals surface area (Å²) in [5.41, 5.74) is 1.83. The van der Waals surface area contributed by atoms with E-state index in [-0.39, 0.29) is 5.69 Å². The minimum absolute atomic E-state index is 0.0535. The maximum Gasteiger partial charge on any atom is 0.358 e. The molecule has 0 saturated carbocycles. The molecule has 6 heteroatoms. The van der Waals surface area contributed by atoms with Crippen LogP contribution in [0, 0.1) is 0 Å². The first kappa shape index (κ1) is 10.8. The van der Waals surface area contributed by atoms with Gasteiger partial charge in [-0.1, -0.05) is 12.1 Å². The van der Waals surface area contributed by atoms with Crippen LogP contribution in [0.15, 0.2) is 16.8 Å². The van der Waals surface area contributed by atoms with Crippen LogP contribution in [0.2, 0.25) is 0 Å². The first-order chi connectivity index (χ1) is 7.72. The van der Waals surface area contributed by atoms with Crippen molar-refractivity contribution in [2.24, 2.45) is 0 Å². The van der Waals surface area contributed by atoms with E-state index < -0.39 is 5.97 Å². The fourth-order valence-corrected chi connectivity index (χ4v) is 2.19. The third-order valence-electron chi connectivity index (χ3n) is 2.29. The summed E-state index contributed by atoms with van der Waals surface area (Å²) in [4.78, 5) is 10.9. The SMILES string of the molecule is CCc1c(C(=O)O)nnn1Cc1ccsc1. The van der Waals surface area contributed by atoms with Crippen LogP contribution in [0.1, 0.15) is 28.7 Å². The molecule has 0 bridgehead atoms. The number of hydrogen-bond acceptors (Lipinski definition) is 4. The minimum atomic E-state index is -1.02. The molecular weight excluding hydrogens is 226 g/mol. The zero-order valence-electron chi connectivity index (χ0n) is 8.75. The van der Waals surface area contributed by atoms with Gasteiger partial charge in [0.05, 0.1) is 12.2 Å². The first-order valence-electron chi connectivity index (χ1n) is 4.89. The molecule has 2 aromatic rings. The van der Waals surface area contributed by atoms with Gasteiger partial charge in [0.25, 0.3) is 0 Å². The van der Waals surface area contributed by atoms with Crippen molar-refractivity contribution in [3.63, 3.8) is 0 Å². The third-order valence-corrected chi connectivity index (χ3v) is 3.02. The fraction of sp³-hybridized carbons (Fsp3) is 0.300. The summed E-state index contributed by atoms with van der Waals surface area (Å²) in [6.07, 6.45) is 0.610. The van der Waals surface area contributed by atoms with Gasteiger partial charge in [-0.15, -0.1) is 5.10 Å². The predicted molar refractivity (Wildman–Crippen MR) is 59.8 cm³/mol. The van der Waals surface area contributed by atoms with Gasteiger partial charge in [0.1, 0.15) is 0 Å². The van der Waals surface area contributed by atoms with Gasteiger partial charge >= 0.3 is 5.97 Å². The molecule has 84 valence electrons. The van der Waals surface area contributed by atoms with Gasteiger partial charge in [-0.05, 0) is 28.8 Å². The number of carbonyl (C=O) groups is 1. The van der Waals surface area contributed by atoms with Gasteiger partial charge in [-0.25, -0.2) is 9.48 Å². The van der Waals surface area contributed by atoms with Gasteiger partial charge < -0.3 is 5.11 Å². The first-order valence-corrected chi connectivity index (χ1v) is 5.83.